The minimum Gasteiger partial charge on any atom is -0.352 e. The molecular formula is C16H26N2O. The van der Waals surface area contributed by atoms with Gasteiger partial charge in [-0.15, -0.1) is 0 Å². The van der Waals surface area contributed by atoms with E-state index in [0.29, 0.717) is 0 Å². The average Bonchev–Trinajstić information content (AvgIpc) is 3.24. The van der Waals surface area contributed by atoms with Crippen LogP contribution in [0.15, 0.2) is 0 Å². The molecule has 1 N–H and O–H groups in total. The van der Waals surface area contributed by atoms with Crippen molar-refractivity contribution in [1.29, 1.82) is 5.26 Å². The Bertz CT molecular complexity index is 346. The van der Waals surface area contributed by atoms with Gasteiger partial charge < -0.3 is 5.32 Å². The van der Waals surface area contributed by atoms with Crippen LogP contribution in [0, 0.1) is 22.7 Å². The predicted molar refractivity (Wildman–Crippen MR) is 75.3 cm³/mol. The van der Waals surface area contributed by atoms with Gasteiger partial charge in [-0.2, -0.15) is 5.26 Å². The second kappa shape index (κ2) is 6.41. The maximum absolute atomic E-state index is 12.5. The van der Waals surface area contributed by atoms with Crippen LogP contribution >= 0.6 is 0 Å². The Kier molecular flexibility index (Phi) is 4.85. The number of nitriles is 1. The van der Waals surface area contributed by atoms with Crippen LogP contribution in [0.5, 0.6) is 0 Å². The summed E-state index contributed by atoms with van der Waals surface area (Å²) in [6, 6.07) is 2.62. The van der Waals surface area contributed by atoms with Gasteiger partial charge in [-0.3, -0.25) is 4.79 Å². The lowest BCUT2D eigenvalue weighted by Crippen LogP contribution is -2.45. The molecule has 1 unspecified atom stereocenters. The fraction of sp³-hybridized carbons (Fsp3) is 0.875. The summed E-state index contributed by atoms with van der Waals surface area (Å²) in [6.45, 7) is 2.12. The topological polar surface area (TPSA) is 52.9 Å². The van der Waals surface area contributed by atoms with Gasteiger partial charge in [0.15, 0.2) is 0 Å². The molecule has 0 aromatic heterocycles. The van der Waals surface area contributed by atoms with Gasteiger partial charge in [0, 0.05) is 6.04 Å². The molecular weight excluding hydrogens is 236 g/mol. The number of carbonyl (C=O) groups is 1. The minimum atomic E-state index is -0.743. The molecule has 19 heavy (non-hydrogen) atoms. The van der Waals surface area contributed by atoms with E-state index in [2.05, 4.69) is 18.3 Å². The van der Waals surface area contributed by atoms with Crippen LogP contribution in [-0.4, -0.2) is 11.9 Å². The van der Waals surface area contributed by atoms with Crippen LogP contribution in [-0.2, 0) is 4.79 Å². The van der Waals surface area contributed by atoms with E-state index >= 15 is 0 Å². The highest BCUT2D eigenvalue weighted by atomic mass is 16.2. The van der Waals surface area contributed by atoms with Crippen molar-refractivity contribution in [2.45, 2.75) is 77.2 Å². The number of hydrogen-bond donors (Lipinski definition) is 1. The van der Waals surface area contributed by atoms with Crippen LogP contribution in [0.3, 0.4) is 0 Å². The largest absolute Gasteiger partial charge is 0.352 e. The molecule has 2 aliphatic carbocycles. The van der Waals surface area contributed by atoms with Crippen LogP contribution in [0.2, 0.25) is 0 Å². The highest BCUT2D eigenvalue weighted by Crippen LogP contribution is 2.36. The molecule has 3 heteroatoms. The van der Waals surface area contributed by atoms with E-state index < -0.39 is 5.41 Å². The van der Waals surface area contributed by atoms with Crippen molar-refractivity contribution in [3.05, 3.63) is 0 Å². The first-order valence-electron chi connectivity index (χ1n) is 7.92. The zero-order chi connectivity index (χ0) is 13.7. The lowest BCUT2D eigenvalue weighted by Gasteiger charge is -2.27. The smallest absolute Gasteiger partial charge is 0.240 e. The fourth-order valence-electron chi connectivity index (χ4n) is 3.13. The van der Waals surface area contributed by atoms with Crippen molar-refractivity contribution in [1.82, 2.24) is 5.32 Å². The molecule has 0 aliphatic heterocycles. The molecule has 0 heterocycles. The van der Waals surface area contributed by atoms with Crippen molar-refractivity contribution >= 4 is 5.91 Å². The van der Waals surface area contributed by atoms with E-state index in [0.717, 1.165) is 57.3 Å². The summed E-state index contributed by atoms with van der Waals surface area (Å²) in [5.41, 5.74) is -0.743. The molecule has 0 aromatic rings. The predicted octanol–water partition coefficient (Wildman–Crippen LogP) is 3.55. The van der Waals surface area contributed by atoms with E-state index in [-0.39, 0.29) is 11.9 Å². The Morgan fingerprint density at radius 2 is 1.95 bits per heavy atom. The van der Waals surface area contributed by atoms with E-state index in [1.165, 1.54) is 12.8 Å². The Hall–Kier alpha value is -1.04. The first-order valence-corrected chi connectivity index (χ1v) is 7.92. The Morgan fingerprint density at radius 1 is 1.32 bits per heavy atom. The van der Waals surface area contributed by atoms with Crippen molar-refractivity contribution in [2.24, 2.45) is 11.3 Å². The molecule has 2 aliphatic rings. The Balaban J connectivity index is 1.96. The molecule has 1 atom stereocenters. The molecule has 0 saturated heterocycles. The number of amides is 1. The summed E-state index contributed by atoms with van der Waals surface area (Å²) < 4.78 is 0. The van der Waals surface area contributed by atoms with Crippen LogP contribution in [0.25, 0.3) is 0 Å². The van der Waals surface area contributed by atoms with Gasteiger partial charge in [0.2, 0.25) is 5.91 Å². The van der Waals surface area contributed by atoms with Crippen molar-refractivity contribution in [3.63, 3.8) is 0 Å². The summed E-state index contributed by atoms with van der Waals surface area (Å²) in [5.74, 6) is 0.821. The van der Waals surface area contributed by atoms with Gasteiger partial charge in [-0.1, -0.05) is 45.4 Å². The average molecular weight is 262 g/mol. The zero-order valence-corrected chi connectivity index (χ0v) is 12.1. The lowest BCUT2D eigenvalue weighted by atomic mass is 9.80. The highest BCUT2D eigenvalue weighted by molar-refractivity contribution is 5.85. The van der Waals surface area contributed by atoms with Crippen molar-refractivity contribution < 1.29 is 4.79 Å². The van der Waals surface area contributed by atoms with Gasteiger partial charge in [0.25, 0.3) is 0 Å². The highest BCUT2D eigenvalue weighted by Gasteiger charge is 2.39. The maximum atomic E-state index is 12.5. The molecule has 2 saturated carbocycles. The molecule has 106 valence electrons. The van der Waals surface area contributed by atoms with E-state index in [1.54, 1.807) is 0 Å². The molecule has 2 fully saturated rings. The van der Waals surface area contributed by atoms with Gasteiger partial charge in [0.1, 0.15) is 5.41 Å². The monoisotopic (exact) mass is 262 g/mol. The number of nitrogens with zero attached hydrogens (tertiary/aromatic N) is 1. The third-order valence-corrected chi connectivity index (χ3v) is 4.75. The lowest BCUT2D eigenvalue weighted by molar-refractivity contribution is -0.129. The van der Waals surface area contributed by atoms with Gasteiger partial charge in [-0.05, 0) is 31.6 Å². The molecule has 0 radical (unpaired) electrons. The number of hydrogen-bond acceptors (Lipinski definition) is 2. The molecule has 2 rings (SSSR count). The molecule has 1 amide bonds. The Labute approximate surface area is 116 Å². The van der Waals surface area contributed by atoms with Crippen LogP contribution in [0.4, 0.5) is 0 Å². The van der Waals surface area contributed by atoms with Gasteiger partial charge >= 0.3 is 0 Å². The van der Waals surface area contributed by atoms with Crippen LogP contribution < -0.4 is 5.32 Å². The van der Waals surface area contributed by atoms with E-state index in [9.17, 15) is 10.1 Å². The zero-order valence-electron chi connectivity index (χ0n) is 12.1. The fourth-order valence-corrected chi connectivity index (χ4v) is 3.13. The minimum absolute atomic E-state index is 0.00407. The van der Waals surface area contributed by atoms with Crippen molar-refractivity contribution in [3.8, 4) is 6.07 Å². The van der Waals surface area contributed by atoms with Gasteiger partial charge in [0.05, 0.1) is 6.07 Å². The number of nitrogens with one attached hydrogen (secondary N) is 1. The summed E-state index contributed by atoms with van der Waals surface area (Å²) in [7, 11) is 0. The third-order valence-electron chi connectivity index (χ3n) is 4.75. The molecule has 0 spiro atoms. The maximum Gasteiger partial charge on any atom is 0.240 e. The second-order valence-corrected chi connectivity index (χ2v) is 6.37. The first kappa shape index (κ1) is 14.4. The number of carbonyl (C=O) groups excluding carboxylic acids is 1. The Morgan fingerprint density at radius 3 is 2.42 bits per heavy atom. The molecule has 0 bridgehead atoms. The normalized spacial score (nSPS) is 24.0. The van der Waals surface area contributed by atoms with Gasteiger partial charge in [-0.25, -0.2) is 0 Å². The molecule has 0 aromatic carbocycles. The SMILES string of the molecule is CCC(CC1CC1)NC(=O)C1(C#N)CCCCCC1. The summed E-state index contributed by atoms with van der Waals surface area (Å²) in [5, 5.41) is 12.7. The second-order valence-electron chi connectivity index (χ2n) is 6.37. The summed E-state index contributed by atoms with van der Waals surface area (Å²) >= 11 is 0. The first-order chi connectivity index (χ1) is 9.20. The quantitative estimate of drug-likeness (QED) is 0.770. The molecule has 3 nitrogen and oxygen atoms in total. The number of rotatable bonds is 5. The third kappa shape index (κ3) is 3.72. The van der Waals surface area contributed by atoms with E-state index in [4.69, 9.17) is 0 Å². The van der Waals surface area contributed by atoms with E-state index in [1.807, 2.05) is 0 Å². The standard InChI is InChI=1S/C16H26N2O/c1-2-14(11-13-7-8-13)18-15(19)16(12-17)9-5-3-4-6-10-16/h13-14H,2-11H2,1H3,(H,18,19). The van der Waals surface area contributed by atoms with Crippen molar-refractivity contribution in [2.75, 3.05) is 0 Å². The van der Waals surface area contributed by atoms with Crippen LogP contribution in [0.1, 0.15) is 71.1 Å². The summed E-state index contributed by atoms with van der Waals surface area (Å²) in [6.07, 6.45) is 10.6. The summed E-state index contributed by atoms with van der Waals surface area (Å²) in [4.78, 5) is 12.5.